The average Bonchev–Trinajstić information content (AvgIpc) is 2.53. The van der Waals surface area contributed by atoms with Gasteiger partial charge in [-0.2, -0.15) is 0 Å². The van der Waals surface area contributed by atoms with Gasteiger partial charge in [-0.15, -0.1) is 5.10 Å². The Morgan fingerprint density at radius 2 is 2.00 bits per heavy atom. The van der Waals surface area contributed by atoms with Gasteiger partial charge in [0.05, 0.1) is 5.69 Å². The van der Waals surface area contributed by atoms with Crippen molar-refractivity contribution in [2.24, 2.45) is 0 Å². The molecule has 0 spiro atoms. The first-order valence-corrected chi connectivity index (χ1v) is 4.49. The van der Waals surface area contributed by atoms with E-state index < -0.39 is 23.1 Å². The molecule has 1 aromatic carbocycles. The molecule has 3 N–H and O–H groups in total. The number of aromatic amines is 1. The topological polar surface area (TPSA) is 59.6 Å². The fourth-order valence-electron chi connectivity index (χ4n) is 1.25. The summed E-state index contributed by atoms with van der Waals surface area (Å²) in [5, 5.41) is 5.79. The van der Waals surface area contributed by atoms with E-state index in [4.69, 9.17) is 18.0 Å². The van der Waals surface area contributed by atoms with E-state index in [1.54, 1.807) is 0 Å². The first-order chi connectivity index (χ1) is 7.50. The zero-order valence-electron chi connectivity index (χ0n) is 7.67. The van der Waals surface area contributed by atoms with Crippen molar-refractivity contribution in [1.29, 1.82) is 0 Å². The molecule has 0 saturated heterocycles. The van der Waals surface area contributed by atoms with Gasteiger partial charge in [-0.05, 0) is 12.2 Å². The molecule has 0 aliphatic heterocycles. The summed E-state index contributed by atoms with van der Waals surface area (Å²) in [5.74, 6) is -3.69. The third-order valence-electron chi connectivity index (χ3n) is 1.91. The van der Waals surface area contributed by atoms with Gasteiger partial charge < -0.3 is 5.73 Å². The van der Waals surface area contributed by atoms with Crippen LogP contribution in [0, 0.1) is 22.2 Å². The third kappa shape index (κ3) is 1.56. The molecule has 2 aromatic rings. The minimum atomic E-state index is -1.32. The molecule has 4 nitrogen and oxygen atoms in total. The Labute approximate surface area is 92.5 Å². The van der Waals surface area contributed by atoms with E-state index in [1.165, 1.54) is 0 Å². The van der Waals surface area contributed by atoms with Crippen LogP contribution in [0.15, 0.2) is 12.1 Å². The average molecular weight is 246 g/mol. The summed E-state index contributed by atoms with van der Waals surface area (Å²) in [7, 11) is 0. The summed E-state index contributed by atoms with van der Waals surface area (Å²) in [6.07, 6.45) is 0. The maximum atomic E-state index is 13.4. The number of aromatic nitrogens is 3. The first-order valence-electron chi connectivity index (χ1n) is 4.08. The lowest BCUT2D eigenvalue weighted by atomic mass is 10.3. The zero-order chi connectivity index (χ0) is 11.9. The lowest BCUT2D eigenvalue weighted by Gasteiger charge is -2.05. The van der Waals surface area contributed by atoms with Gasteiger partial charge in [-0.25, -0.2) is 18.3 Å². The molecule has 0 radical (unpaired) electrons. The molecule has 8 heteroatoms. The summed E-state index contributed by atoms with van der Waals surface area (Å²) >= 11 is 4.75. The molecule has 0 saturated carbocycles. The second-order valence-corrected chi connectivity index (χ2v) is 3.33. The van der Waals surface area contributed by atoms with E-state index in [-0.39, 0.29) is 10.7 Å². The molecule has 0 aliphatic rings. The van der Waals surface area contributed by atoms with Crippen LogP contribution in [0.25, 0.3) is 5.69 Å². The SMILES string of the molecule is Nc1n[nH]c(=S)n1-c1cc(F)cc(F)c1F. The maximum Gasteiger partial charge on any atom is 0.225 e. The second kappa shape index (κ2) is 3.63. The molecule has 0 bridgehead atoms. The monoisotopic (exact) mass is 246 g/mol. The number of H-pyrrole nitrogens is 1. The van der Waals surface area contributed by atoms with Crippen molar-refractivity contribution in [3.63, 3.8) is 0 Å². The summed E-state index contributed by atoms with van der Waals surface area (Å²) < 4.78 is 40.1. The Hall–Kier alpha value is -1.83. The standard InChI is InChI=1S/C8H5F3N4S/c9-3-1-4(10)6(11)5(2-3)15-7(12)13-14-8(15)16/h1-2H,(H2,12,13)(H,14,16). The second-order valence-electron chi connectivity index (χ2n) is 2.94. The Morgan fingerprint density at radius 1 is 1.31 bits per heavy atom. The largest absolute Gasteiger partial charge is 0.368 e. The Morgan fingerprint density at radius 3 is 2.56 bits per heavy atom. The zero-order valence-corrected chi connectivity index (χ0v) is 8.49. The van der Waals surface area contributed by atoms with Gasteiger partial charge >= 0.3 is 0 Å². The Balaban J connectivity index is 2.79. The minimum Gasteiger partial charge on any atom is -0.368 e. The van der Waals surface area contributed by atoms with Crippen LogP contribution >= 0.6 is 12.2 Å². The van der Waals surface area contributed by atoms with Crippen LogP contribution in [0.1, 0.15) is 0 Å². The van der Waals surface area contributed by atoms with E-state index in [9.17, 15) is 13.2 Å². The van der Waals surface area contributed by atoms with Crippen LogP contribution in [0.2, 0.25) is 0 Å². The molecule has 1 heterocycles. The molecular weight excluding hydrogens is 241 g/mol. The van der Waals surface area contributed by atoms with Gasteiger partial charge in [-0.3, -0.25) is 4.57 Å². The highest BCUT2D eigenvalue weighted by molar-refractivity contribution is 7.71. The highest BCUT2D eigenvalue weighted by Crippen LogP contribution is 2.20. The van der Waals surface area contributed by atoms with Crippen LogP contribution < -0.4 is 5.73 Å². The van der Waals surface area contributed by atoms with E-state index in [2.05, 4.69) is 10.2 Å². The first kappa shape index (κ1) is 10.7. The number of nitrogens with one attached hydrogen (secondary N) is 1. The fraction of sp³-hybridized carbons (Fsp3) is 0. The smallest absolute Gasteiger partial charge is 0.225 e. The maximum absolute atomic E-state index is 13.4. The lowest BCUT2D eigenvalue weighted by molar-refractivity contribution is 0.490. The molecule has 1 aromatic heterocycles. The van der Waals surface area contributed by atoms with Gasteiger partial charge in [-0.1, -0.05) is 0 Å². The quantitative estimate of drug-likeness (QED) is 0.597. The fourth-order valence-corrected chi connectivity index (χ4v) is 1.48. The van der Waals surface area contributed by atoms with Gasteiger partial charge in [0.25, 0.3) is 0 Å². The lowest BCUT2D eigenvalue weighted by Crippen LogP contribution is -2.05. The van der Waals surface area contributed by atoms with Crippen LogP contribution in [0.3, 0.4) is 0 Å². The molecular formula is C8H5F3N4S. The minimum absolute atomic E-state index is 0.0543. The van der Waals surface area contributed by atoms with Crippen molar-refractivity contribution >= 4 is 18.2 Å². The van der Waals surface area contributed by atoms with Crippen molar-refractivity contribution in [2.45, 2.75) is 0 Å². The van der Waals surface area contributed by atoms with Crippen molar-refractivity contribution in [2.75, 3.05) is 5.73 Å². The van der Waals surface area contributed by atoms with E-state index in [0.717, 1.165) is 10.6 Å². The molecule has 0 fully saturated rings. The van der Waals surface area contributed by atoms with E-state index in [1.807, 2.05) is 0 Å². The molecule has 16 heavy (non-hydrogen) atoms. The summed E-state index contributed by atoms with van der Waals surface area (Å²) in [6.45, 7) is 0. The number of anilines is 1. The van der Waals surface area contributed by atoms with E-state index in [0.29, 0.717) is 6.07 Å². The van der Waals surface area contributed by atoms with Crippen molar-refractivity contribution in [1.82, 2.24) is 14.8 Å². The molecule has 0 aliphatic carbocycles. The number of rotatable bonds is 1. The molecule has 0 amide bonds. The predicted molar refractivity (Wildman–Crippen MR) is 53.0 cm³/mol. The summed E-state index contributed by atoms with van der Waals surface area (Å²) in [6, 6.07) is 1.21. The third-order valence-corrected chi connectivity index (χ3v) is 2.19. The highest BCUT2D eigenvalue weighted by Gasteiger charge is 2.15. The van der Waals surface area contributed by atoms with Gasteiger partial charge in [0.2, 0.25) is 10.7 Å². The number of nitrogens with zero attached hydrogens (tertiary/aromatic N) is 2. The highest BCUT2D eigenvalue weighted by atomic mass is 32.1. The number of nitrogen functional groups attached to an aromatic ring is 1. The van der Waals surface area contributed by atoms with Crippen molar-refractivity contribution in [3.8, 4) is 5.69 Å². The normalized spacial score (nSPS) is 10.7. The summed E-state index contributed by atoms with van der Waals surface area (Å²) in [5.41, 5.74) is 4.96. The van der Waals surface area contributed by atoms with Gasteiger partial charge in [0.1, 0.15) is 5.82 Å². The van der Waals surface area contributed by atoms with Crippen LogP contribution in [0.4, 0.5) is 19.1 Å². The van der Waals surface area contributed by atoms with Gasteiger partial charge in [0.15, 0.2) is 11.6 Å². The number of hydrogen-bond donors (Lipinski definition) is 2. The molecule has 2 rings (SSSR count). The van der Waals surface area contributed by atoms with E-state index >= 15 is 0 Å². The number of hydrogen-bond acceptors (Lipinski definition) is 3. The molecule has 84 valence electrons. The van der Waals surface area contributed by atoms with Crippen LogP contribution in [0.5, 0.6) is 0 Å². The predicted octanol–water partition coefficient (Wildman–Crippen LogP) is 1.93. The Bertz CT molecular complexity index is 604. The van der Waals surface area contributed by atoms with Crippen molar-refractivity contribution < 1.29 is 13.2 Å². The number of nitrogens with two attached hydrogens (primary N) is 1. The van der Waals surface area contributed by atoms with Gasteiger partial charge in [0, 0.05) is 12.1 Å². The Kier molecular flexibility index (Phi) is 2.43. The molecule has 0 unspecified atom stereocenters. The number of halogens is 3. The van der Waals surface area contributed by atoms with Crippen LogP contribution in [-0.4, -0.2) is 14.8 Å². The number of benzene rings is 1. The van der Waals surface area contributed by atoms with Crippen LogP contribution in [-0.2, 0) is 0 Å². The van der Waals surface area contributed by atoms with Crippen molar-refractivity contribution in [3.05, 3.63) is 34.4 Å². The summed E-state index contributed by atoms with van der Waals surface area (Å²) in [4.78, 5) is 0. The molecule has 0 atom stereocenters.